The minimum absolute atomic E-state index is 0.0984. The van der Waals surface area contributed by atoms with Gasteiger partial charge in [0.2, 0.25) is 5.65 Å². The highest BCUT2D eigenvalue weighted by Crippen LogP contribution is 2.27. The van der Waals surface area contributed by atoms with Gasteiger partial charge in [-0.2, -0.15) is 0 Å². The quantitative estimate of drug-likeness (QED) is 0.439. The highest BCUT2D eigenvalue weighted by molar-refractivity contribution is 5.83. The average molecular weight is 446 g/mol. The summed E-state index contributed by atoms with van der Waals surface area (Å²) in [5.74, 6) is 0.447. The smallest absolute Gasteiger partial charge is 0.351 e. The van der Waals surface area contributed by atoms with Crippen molar-refractivity contribution in [2.45, 2.75) is 33.2 Å². The van der Waals surface area contributed by atoms with Gasteiger partial charge in [-0.3, -0.25) is 4.79 Å². The summed E-state index contributed by atoms with van der Waals surface area (Å²) in [6.07, 6.45) is 1.38. The molecule has 0 spiro atoms. The number of benzene rings is 2. The van der Waals surface area contributed by atoms with Gasteiger partial charge in [0.15, 0.2) is 5.82 Å². The van der Waals surface area contributed by atoms with Gasteiger partial charge in [-0.25, -0.2) is 18.9 Å². The van der Waals surface area contributed by atoms with E-state index in [0.717, 1.165) is 22.2 Å². The molecule has 0 N–H and O–H groups in total. The molecular formula is C25H27N5O3. The third kappa shape index (κ3) is 3.97. The first-order valence-corrected chi connectivity index (χ1v) is 11.4. The van der Waals surface area contributed by atoms with Gasteiger partial charge in [-0.15, -0.1) is 5.10 Å². The minimum Gasteiger partial charge on any atom is -0.466 e. The summed E-state index contributed by atoms with van der Waals surface area (Å²) in [7, 11) is 0. The second-order valence-electron chi connectivity index (χ2n) is 8.53. The highest BCUT2D eigenvalue weighted by atomic mass is 16.5. The van der Waals surface area contributed by atoms with Gasteiger partial charge >= 0.3 is 11.7 Å². The highest BCUT2D eigenvalue weighted by Gasteiger charge is 2.29. The Balaban J connectivity index is 1.56. The van der Waals surface area contributed by atoms with Crippen molar-refractivity contribution in [2.75, 3.05) is 24.6 Å². The Morgan fingerprint density at radius 1 is 1.12 bits per heavy atom. The maximum absolute atomic E-state index is 13.4. The molecule has 1 aliphatic heterocycles. The number of rotatable bonds is 5. The van der Waals surface area contributed by atoms with Crippen LogP contribution in [-0.4, -0.2) is 44.8 Å². The van der Waals surface area contributed by atoms with Crippen molar-refractivity contribution < 1.29 is 9.53 Å². The Morgan fingerprint density at radius 3 is 2.67 bits per heavy atom. The Morgan fingerprint density at radius 2 is 1.91 bits per heavy atom. The largest absolute Gasteiger partial charge is 0.466 e. The number of fused-ring (bicyclic) bond motifs is 3. The van der Waals surface area contributed by atoms with Crippen LogP contribution < -0.4 is 10.6 Å². The van der Waals surface area contributed by atoms with Crippen molar-refractivity contribution in [2.24, 2.45) is 5.92 Å². The minimum atomic E-state index is -0.187. The molecule has 0 atom stereocenters. The zero-order valence-corrected chi connectivity index (χ0v) is 18.9. The summed E-state index contributed by atoms with van der Waals surface area (Å²) in [6.45, 7) is 5.96. The third-order valence-corrected chi connectivity index (χ3v) is 6.22. The fourth-order valence-electron chi connectivity index (χ4n) is 4.57. The van der Waals surface area contributed by atoms with Crippen LogP contribution in [0.2, 0.25) is 0 Å². The summed E-state index contributed by atoms with van der Waals surface area (Å²) < 4.78 is 8.36. The van der Waals surface area contributed by atoms with Crippen LogP contribution in [0.25, 0.3) is 16.7 Å². The van der Waals surface area contributed by atoms with Crippen molar-refractivity contribution in [3.63, 3.8) is 0 Å². The molecule has 1 saturated heterocycles. The molecule has 0 unspecified atom stereocenters. The number of hydrogen-bond acceptors (Lipinski definition) is 6. The van der Waals surface area contributed by atoms with Crippen LogP contribution >= 0.6 is 0 Å². The molecule has 0 bridgehead atoms. The van der Waals surface area contributed by atoms with E-state index < -0.39 is 0 Å². The Labute approximate surface area is 191 Å². The fourth-order valence-corrected chi connectivity index (χ4v) is 4.57. The Kier molecular flexibility index (Phi) is 5.58. The average Bonchev–Trinajstić information content (AvgIpc) is 3.15. The van der Waals surface area contributed by atoms with Crippen molar-refractivity contribution >= 4 is 28.5 Å². The number of piperidine rings is 1. The molecule has 4 aromatic rings. The summed E-state index contributed by atoms with van der Waals surface area (Å²) in [5, 5.41) is 4.72. The molecule has 0 saturated carbocycles. The predicted molar refractivity (Wildman–Crippen MR) is 127 cm³/mol. The summed E-state index contributed by atoms with van der Waals surface area (Å²) in [6, 6.07) is 15.7. The number of esters is 1. The van der Waals surface area contributed by atoms with Crippen LogP contribution in [-0.2, 0) is 16.1 Å². The molecule has 2 aromatic carbocycles. The number of carbonyl (C=O) groups excluding carboxylic acids is 1. The third-order valence-electron chi connectivity index (χ3n) is 6.22. The van der Waals surface area contributed by atoms with E-state index in [0.29, 0.717) is 50.5 Å². The maximum Gasteiger partial charge on any atom is 0.351 e. The molecule has 33 heavy (non-hydrogen) atoms. The first-order chi connectivity index (χ1) is 16.0. The fraction of sp³-hybridized carbons (Fsp3) is 0.360. The molecule has 0 aliphatic carbocycles. The van der Waals surface area contributed by atoms with Crippen molar-refractivity contribution in [1.29, 1.82) is 0 Å². The second kappa shape index (κ2) is 8.69. The molecule has 1 fully saturated rings. The zero-order valence-electron chi connectivity index (χ0n) is 18.9. The monoisotopic (exact) mass is 445 g/mol. The summed E-state index contributed by atoms with van der Waals surface area (Å²) in [4.78, 5) is 32.6. The van der Waals surface area contributed by atoms with E-state index in [-0.39, 0.29) is 17.6 Å². The number of para-hydroxylation sites is 2. The van der Waals surface area contributed by atoms with Crippen molar-refractivity contribution in [3.05, 3.63) is 70.1 Å². The molecule has 8 heteroatoms. The molecule has 2 aromatic heterocycles. The van der Waals surface area contributed by atoms with Gasteiger partial charge in [0.05, 0.1) is 30.1 Å². The zero-order chi connectivity index (χ0) is 22.9. The lowest BCUT2D eigenvalue weighted by Gasteiger charge is -2.31. The first kappa shape index (κ1) is 21.2. The van der Waals surface area contributed by atoms with E-state index >= 15 is 0 Å². The Bertz CT molecular complexity index is 1380. The SMILES string of the molecule is CCOC(=O)C1CCN(c2nc3ccccc3n3c(=O)n(Cc4cccc(C)c4)nc23)CC1. The van der Waals surface area contributed by atoms with Crippen LogP contribution in [0.3, 0.4) is 0 Å². The number of aromatic nitrogens is 4. The molecule has 8 nitrogen and oxygen atoms in total. The number of carbonyl (C=O) groups is 1. The topological polar surface area (TPSA) is 81.7 Å². The normalized spacial score (nSPS) is 14.8. The second-order valence-corrected chi connectivity index (χ2v) is 8.53. The van der Waals surface area contributed by atoms with E-state index in [1.165, 1.54) is 4.68 Å². The number of nitrogens with zero attached hydrogens (tertiary/aromatic N) is 5. The number of aryl methyl sites for hydroxylation is 1. The van der Waals surface area contributed by atoms with E-state index in [4.69, 9.17) is 14.8 Å². The standard InChI is InChI=1S/C25H27N5O3/c1-3-33-24(31)19-11-13-28(14-12-19)22-23-27-29(16-18-8-6-7-17(2)15-18)25(32)30(23)21-10-5-4-9-20(21)26-22/h4-10,15,19H,3,11-14,16H2,1-2H3. The van der Waals surface area contributed by atoms with E-state index in [9.17, 15) is 9.59 Å². The van der Waals surface area contributed by atoms with Crippen LogP contribution in [0.5, 0.6) is 0 Å². The molecule has 0 amide bonds. The van der Waals surface area contributed by atoms with Crippen molar-refractivity contribution in [3.8, 4) is 0 Å². The lowest BCUT2D eigenvalue weighted by molar-refractivity contribution is -0.148. The molecule has 5 rings (SSSR count). The van der Waals surface area contributed by atoms with Gasteiger partial charge in [0, 0.05) is 13.1 Å². The predicted octanol–water partition coefficient (Wildman–Crippen LogP) is 3.18. The van der Waals surface area contributed by atoms with Crippen LogP contribution in [0.1, 0.15) is 30.9 Å². The lowest BCUT2D eigenvalue weighted by Crippen LogP contribution is -2.37. The maximum atomic E-state index is 13.4. The number of anilines is 1. The molecular weight excluding hydrogens is 418 g/mol. The van der Waals surface area contributed by atoms with Gasteiger partial charge in [0.1, 0.15) is 0 Å². The molecule has 1 aliphatic rings. The van der Waals surface area contributed by atoms with Crippen LogP contribution in [0, 0.1) is 12.8 Å². The van der Waals surface area contributed by atoms with Gasteiger partial charge < -0.3 is 9.64 Å². The molecule has 170 valence electrons. The van der Waals surface area contributed by atoms with E-state index in [1.807, 2.05) is 56.3 Å². The molecule has 0 radical (unpaired) electrons. The van der Waals surface area contributed by atoms with Gasteiger partial charge in [-0.05, 0) is 44.4 Å². The first-order valence-electron chi connectivity index (χ1n) is 11.4. The van der Waals surface area contributed by atoms with Gasteiger partial charge in [-0.1, -0.05) is 42.0 Å². The van der Waals surface area contributed by atoms with Gasteiger partial charge in [0.25, 0.3) is 0 Å². The van der Waals surface area contributed by atoms with Crippen molar-refractivity contribution in [1.82, 2.24) is 19.2 Å². The lowest BCUT2D eigenvalue weighted by atomic mass is 9.97. The molecule has 3 heterocycles. The van der Waals surface area contributed by atoms with E-state index in [1.54, 1.807) is 4.40 Å². The number of hydrogen-bond donors (Lipinski definition) is 0. The van der Waals surface area contributed by atoms with Crippen LogP contribution in [0.4, 0.5) is 5.82 Å². The Hall–Kier alpha value is -3.68. The number of ether oxygens (including phenoxy) is 1. The van der Waals surface area contributed by atoms with E-state index in [2.05, 4.69) is 11.0 Å². The summed E-state index contributed by atoms with van der Waals surface area (Å²) in [5.41, 5.74) is 3.99. The summed E-state index contributed by atoms with van der Waals surface area (Å²) >= 11 is 0. The van der Waals surface area contributed by atoms with Crippen LogP contribution in [0.15, 0.2) is 53.3 Å².